The fourth-order valence-electron chi connectivity index (χ4n) is 2.38. The van der Waals surface area contributed by atoms with Crippen LogP contribution in [0.3, 0.4) is 0 Å². The zero-order valence-corrected chi connectivity index (χ0v) is 15.4. The molecule has 0 bridgehead atoms. The van der Waals surface area contributed by atoms with Crippen LogP contribution in [0.1, 0.15) is 56.4 Å². The summed E-state index contributed by atoms with van der Waals surface area (Å²) in [7, 11) is 1.57. The van der Waals surface area contributed by atoms with Gasteiger partial charge in [0.25, 0.3) is 5.91 Å². The quantitative estimate of drug-likeness (QED) is 0.688. The number of nitrogens with one attached hydrogen (secondary N) is 1. The molecular formula is C19H27N3O3. The molecule has 25 heavy (non-hydrogen) atoms. The second kappa shape index (κ2) is 9.11. The Bertz CT molecular complexity index is 697. The summed E-state index contributed by atoms with van der Waals surface area (Å²) in [6.07, 6.45) is 4.66. The molecule has 0 fully saturated rings. The maximum Gasteiger partial charge on any atom is 0.256 e. The normalized spacial score (nSPS) is 11.8. The van der Waals surface area contributed by atoms with Crippen LogP contribution in [-0.4, -0.2) is 29.4 Å². The van der Waals surface area contributed by atoms with Gasteiger partial charge in [0, 0.05) is 11.6 Å². The van der Waals surface area contributed by atoms with Gasteiger partial charge in [-0.05, 0) is 38.0 Å². The van der Waals surface area contributed by atoms with Gasteiger partial charge in [-0.1, -0.05) is 20.3 Å². The first-order valence-electron chi connectivity index (χ1n) is 8.76. The van der Waals surface area contributed by atoms with Crippen molar-refractivity contribution < 1.29 is 14.3 Å². The summed E-state index contributed by atoms with van der Waals surface area (Å²) in [6.45, 7) is 6.89. The van der Waals surface area contributed by atoms with Gasteiger partial charge < -0.3 is 14.8 Å². The van der Waals surface area contributed by atoms with E-state index in [1.807, 2.05) is 4.68 Å². The Morgan fingerprint density at radius 3 is 2.76 bits per heavy atom. The highest BCUT2D eigenvalue weighted by atomic mass is 16.5. The number of ether oxygens (including phenoxy) is 2. The molecular weight excluding hydrogens is 318 g/mol. The molecule has 0 saturated heterocycles. The van der Waals surface area contributed by atoms with Gasteiger partial charge >= 0.3 is 0 Å². The minimum atomic E-state index is -0.205. The second-order valence-corrected chi connectivity index (χ2v) is 5.94. The summed E-state index contributed by atoms with van der Waals surface area (Å²) in [5, 5.41) is 7.19. The van der Waals surface area contributed by atoms with E-state index in [9.17, 15) is 4.79 Å². The molecule has 0 aliphatic heterocycles. The number of hydrogen-bond donors (Lipinski definition) is 1. The van der Waals surface area contributed by atoms with E-state index in [2.05, 4.69) is 31.2 Å². The zero-order valence-electron chi connectivity index (χ0n) is 15.4. The number of nitrogens with zero attached hydrogens (tertiary/aromatic N) is 2. The zero-order chi connectivity index (χ0) is 18.2. The predicted octanol–water partition coefficient (Wildman–Crippen LogP) is 4.29. The van der Waals surface area contributed by atoms with Gasteiger partial charge in [0.15, 0.2) is 11.5 Å². The molecule has 0 aliphatic rings. The highest BCUT2D eigenvalue weighted by molar-refractivity contribution is 6.04. The second-order valence-electron chi connectivity index (χ2n) is 5.94. The first-order chi connectivity index (χ1) is 12.1. The van der Waals surface area contributed by atoms with Gasteiger partial charge in [0.2, 0.25) is 0 Å². The van der Waals surface area contributed by atoms with Crippen molar-refractivity contribution in [1.82, 2.24) is 9.78 Å². The van der Waals surface area contributed by atoms with Crippen molar-refractivity contribution in [3.05, 3.63) is 36.0 Å². The van der Waals surface area contributed by atoms with Gasteiger partial charge in [-0.2, -0.15) is 5.10 Å². The number of rotatable bonds is 9. The number of carbonyl (C=O) groups is 1. The first-order valence-corrected chi connectivity index (χ1v) is 8.76. The van der Waals surface area contributed by atoms with Crippen LogP contribution in [0.15, 0.2) is 30.5 Å². The topological polar surface area (TPSA) is 65.4 Å². The van der Waals surface area contributed by atoms with Crippen LogP contribution in [0.25, 0.3) is 0 Å². The Kier molecular flexibility index (Phi) is 6.86. The van der Waals surface area contributed by atoms with Crippen LogP contribution in [-0.2, 0) is 0 Å². The molecule has 6 nitrogen and oxygen atoms in total. The van der Waals surface area contributed by atoms with Crippen molar-refractivity contribution in [1.29, 1.82) is 0 Å². The van der Waals surface area contributed by atoms with Gasteiger partial charge in [0.05, 0.1) is 26.0 Å². The standard InChI is InChI=1S/C19H27N3O3/c1-5-7-12-25-16-9-8-15(13-17(16)24-4)19(23)21-18-10-11-20-22(18)14(3)6-2/h8-11,13-14H,5-7,12H2,1-4H3,(H,21,23). The van der Waals surface area contributed by atoms with E-state index in [1.54, 1.807) is 37.6 Å². The van der Waals surface area contributed by atoms with E-state index in [-0.39, 0.29) is 11.9 Å². The summed E-state index contributed by atoms with van der Waals surface area (Å²) in [5.74, 6) is 1.68. The summed E-state index contributed by atoms with van der Waals surface area (Å²) in [4.78, 5) is 12.6. The number of anilines is 1. The third-order valence-electron chi connectivity index (χ3n) is 4.10. The van der Waals surface area contributed by atoms with Crippen molar-refractivity contribution in [3.8, 4) is 11.5 Å². The van der Waals surface area contributed by atoms with Crippen molar-refractivity contribution >= 4 is 11.7 Å². The van der Waals surface area contributed by atoms with Crippen LogP contribution in [0.5, 0.6) is 11.5 Å². The molecule has 2 rings (SSSR count). The molecule has 136 valence electrons. The molecule has 1 aromatic heterocycles. The maximum absolute atomic E-state index is 12.6. The molecule has 1 unspecified atom stereocenters. The molecule has 1 aromatic carbocycles. The lowest BCUT2D eigenvalue weighted by Crippen LogP contribution is -2.17. The summed E-state index contributed by atoms with van der Waals surface area (Å²) in [5.41, 5.74) is 0.511. The van der Waals surface area contributed by atoms with Crippen LogP contribution >= 0.6 is 0 Å². The van der Waals surface area contributed by atoms with Crippen molar-refractivity contribution in [3.63, 3.8) is 0 Å². The van der Waals surface area contributed by atoms with Crippen LogP contribution in [0.2, 0.25) is 0 Å². The van der Waals surface area contributed by atoms with Gasteiger partial charge in [-0.3, -0.25) is 4.79 Å². The number of carbonyl (C=O) groups excluding carboxylic acids is 1. The van der Waals surface area contributed by atoms with E-state index in [0.29, 0.717) is 29.5 Å². The Labute approximate surface area is 149 Å². The Balaban J connectivity index is 2.13. The Hall–Kier alpha value is -2.50. The van der Waals surface area contributed by atoms with Crippen molar-refractivity contribution in [2.75, 3.05) is 19.0 Å². The van der Waals surface area contributed by atoms with Gasteiger partial charge in [-0.25, -0.2) is 4.68 Å². The molecule has 1 amide bonds. The third-order valence-corrected chi connectivity index (χ3v) is 4.10. The average Bonchev–Trinajstić information content (AvgIpc) is 3.09. The number of amides is 1. The molecule has 0 saturated carbocycles. The number of benzene rings is 1. The largest absolute Gasteiger partial charge is 0.493 e. The number of aromatic nitrogens is 2. The monoisotopic (exact) mass is 345 g/mol. The third kappa shape index (κ3) is 4.75. The van der Waals surface area contributed by atoms with Crippen LogP contribution in [0, 0.1) is 0 Å². The lowest BCUT2D eigenvalue weighted by molar-refractivity contribution is 0.102. The SMILES string of the molecule is CCCCOc1ccc(C(=O)Nc2ccnn2C(C)CC)cc1OC. The first kappa shape index (κ1) is 18.8. The lowest BCUT2D eigenvalue weighted by Gasteiger charge is -2.15. The highest BCUT2D eigenvalue weighted by Crippen LogP contribution is 2.28. The number of hydrogen-bond acceptors (Lipinski definition) is 4. The number of methoxy groups -OCH3 is 1. The van der Waals surface area contributed by atoms with Crippen molar-refractivity contribution in [2.24, 2.45) is 0 Å². The van der Waals surface area contributed by atoms with Crippen molar-refractivity contribution in [2.45, 2.75) is 46.1 Å². The summed E-state index contributed by atoms with van der Waals surface area (Å²) < 4.78 is 12.9. The number of unbranched alkanes of at least 4 members (excludes halogenated alkanes) is 1. The van der Waals surface area contributed by atoms with Gasteiger partial charge in [-0.15, -0.1) is 0 Å². The summed E-state index contributed by atoms with van der Waals surface area (Å²) in [6, 6.07) is 7.22. The van der Waals surface area contributed by atoms with Gasteiger partial charge in [0.1, 0.15) is 5.82 Å². The molecule has 1 atom stereocenters. The Morgan fingerprint density at radius 1 is 1.28 bits per heavy atom. The fraction of sp³-hybridized carbons (Fsp3) is 0.474. The van der Waals surface area contributed by atoms with E-state index in [1.165, 1.54) is 0 Å². The minimum Gasteiger partial charge on any atom is -0.493 e. The van der Waals surface area contributed by atoms with E-state index in [4.69, 9.17) is 9.47 Å². The highest BCUT2D eigenvalue weighted by Gasteiger charge is 2.15. The molecule has 1 N–H and O–H groups in total. The maximum atomic E-state index is 12.6. The smallest absolute Gasteiger partial charge is 0.256 e. The van der Waals surface area contributed by atoms with E-state index >= 15 is 0 Å². The minimum absolute atomic E-state index is 0.205. The van der Waals surface area contributed by atoms with E-state index < -0.39 is 0 Å². The Morgan fingerprint density at radius 2 is 2.08 bits per heavy atom. The molecule has 0 aliphatic carbocycles. The van der Waals surface area contributed by atoms with Crippen LogP contribution in [0.4, 0.5) is 5.82 Å². The fourth-order valence-corrected chi connectivity index (χ4v) is 2.38. The van der Waals surface area contributed by atoms with E-state index in [0.717, 1.165) is 19.3 Å². The molecule has 0 radical (unpaired) electrons. The molecule has 0 spiro atoms. The average molecular weight is 345 g/mol. The molecule has 2 aromatic rings. The molecule has 6 heteroatoms. The van der Waals surface area contributed by atoms with Crippen LogP contribution < -0.4 is 14.8 Å². The predicted molar refractivity (Wildman–Crippen MR) is 98.6 cm³/mol. The lowest BCUT2D eigenvalue weighted by atomic mass is 10.2. The summed E-state index contributed by atoms with van der Waals surface area (Å²) >= 11 is 0. The molecule has 1 heterocycles.